The molecule has 6 nitrogen and oxygen atoms in total. The van der Waals surface area contributed by atoms with Crippen molar-refractivity contribution < 1.29 is 9.18 Å². The first-order valence-corrected chi connectivity index (χ1v) is 11.5. The van der Waals surface area contributed by atoms with Crippen molar-refractivity contribution in [3.05, 3.63) is 87.4 Å². The molecule has 8 heteroatoms. The SMILES string of the molecule is Cc1nn(Cc2ccc(F)cc2)c(Cl)c1C(=O)NCc1cccc(CN2CCN(C)CC2)c1. The van der Waals surface area contributed by atoms with Crippen LogP contribution in [0.2, 0.25) is 5.15 Å². The van der Waals surface area contributed by atoms with Gasteiger partial charge in [-0.3, -0.25) is 9.69 Å². The van der Waals surface area contributed by atoms with Gasteiger partial charge in [0.05, 0.1) is 17.8 Å². The number of hydrogen-bond acceptors (Lipinski definition) is 4. The van der Waals surface area contributed by atoms with E-state index in [4.69, 9.17) is 11.6 Å². The molecular weight excluding hydrogens is 441 g/mol. The van der Waals surface area contributed by atoms with Crippen LogP contribution in [0.15, 0.2) is 48.5 Å². The number of piperazine rings is 1. The Labute approximate surface area is 198 Å². The maximum Gasteiger partial charge on any atom is 0.256 e. The summed E-state index contributed by atoms with van der Waals surface area (Å²) in [4.78, 5) is 17.7. The number of aryl methyl sites for hydroxylation is 1. The van der Waals surface area contributed by atoms with Gasteiger partial charge in [-0.1, -0.05) is 48.0 Å². The zero-order chi connectivity index (χ0) is 23.4. The second-order valence-corrected chi connectivity index (χ2v) is 8.98. The first-order valence-electron chi connectivity index (χ1n) is 11.1. The van der Waals surface area contributed by atoms with Crippen molar-refractivity contribution in [3.8, 4) is 0 Å². The number of likely N-dealkylation sites (N-methyl/N-ethyl adjacent to an activating group) is 1. The molecule has 1 N–H and O–H groups in total. The van der Waals surface area contributed by atoms with Crippen LogP contribution in [0.3, 0.4) is 0 Å². The van der Waals surface area contributed by atoms with Gasteiger partial charge in [-0.2, -0.15) is 5.10 Å². The summed E-state index contributed by atoms with van der Waals surface area (Å²) in [5, 5.41) is 7.66. The molecule has 0 bridgehead atoms. The Bertz CT molecular complexity index is 1110. The molecule has 0 atom stereocenters. The number of aromatic nitrogens is 2. The number of rotatable bonds is 7. The summed E-state index contributed by atoms with van der Waals surface area (Å²) in [5.41, 5.74) is 4.07. The largest absolute Gasteiger partial charge is 0.348 e. The third kappa shape index (κ3) is 5.99. The number of halogens is 2. The summed E-state index contributed by atoms with van der Waals surface area (Å²) in [6.07, 6.45) is 0. The van der Waals surface area contributed by atoms with Crippen LogP contribution in [-0.4, -0.2) is 58.7 Å². The van der Waals surface area contributed by atoms with Crippen molar-refractivity contribution >= 4 is 17.5 Å². The minimum absolute atomic E-state index is 0.257. The average Bonchev–Trinajstić information content (AvgIpc) is 3.08. The quantitative estimate of drug-likeness (QED) is 0.573. The molecule has 3 aromatic rings. The molecule has 33 heavy (non-hydrogen) atoms. The Hall–Kier alpha value is -2.74. The minimum atomic E-state index is -0.297. The molecule has 0 radical (unpaired) electrons. The Balaban J connectivity index is 1.38. The molecule has 0 unspecified atom stereocenters. The summed E-state index contributed by atoms with van der Waals surface area (Å²) in [6.45, 7) is 7.76. The normalized spacial score (nSPS) is 15.0. The van der Waals surface area contributed by atoms with Gasteiger partial charge in [0, 0.05) is 39.3 Å². The van der Waals surface area contributed by atoms with Crippen molar-refractivity contribution in [3.63, 3.8) is 0 Å². The number of nitrogens with zero attached hydrogens (tertiary/aromatic N) is 4. The Morgan fingerprint density at radius 3 is 2.45 bits per heavy atom. The van der Waals surface area contributed by atoms with Gasteiger partial charge in [0.15, 0.2) is 0 Å². The molecule has 1 amide bonds. The van der Waals surface area contributed by atoms with Crippen LogP contribution in [0.25, 0.3) is 0 Å². The van der Waals surface area contributed by atoms with Crippen LogP contribution in [-0.2, 0) is 19.6 Å². The summed E-state index contributed by atoms with van der Waals surface area (Å²) < 4.78 is 14.7. The highest BCUT2D eigenvalue weighted by molar-refractivity contribution is 6.33. The van der Waals surface area contributed by atoms with E-state index in [1.54, 1.807) is 23.7 Å². The molecule has 0 aliphatic carbocycles. The molecule has 0 spiro atoms. The van der Waals surface area contributed by atoms with Crippen molar-refractivity contribution in [2.75, 3.05) is 33.2 Å². The van der Waals surface area contributed by atoms with Crippen LogP contribution in [0.4, 0.5) is 4.39 Å². The first-order chi connectivity index (χ1) is 15.9. The zero-order valence-electron chi connectivity index (χ0n) is 19.0. The standard InChI is InChI=1S/C25H29ClFN5O/c1-18-23(24(26)32(29-18)17-19-6-8-22(27)9-7-19)25(33)28-15-20-4-3-5-21(14-20)16-31-12-10-30(2)11-13-31/h3-9,14H,10-13,15-17H2,1-2H3,(H,28,33). The predicted molar refractivity (Wildman–Crippen MR) is 128 cm³/mol. The van der Waals surface area contributed by atoms with Crippen LogP contribution < -0.4 is 5.32 Å². The molecule has 1 aliphatic heterocycles. The van der Waals surface area contributed by atoms with Crippen molar-refractivity contribution in [2.24, 2.45) is 0 Å². The van der Waals surface area contributed by atoms with E-state index in [0.717, 1.165) is 43.9 Å². The maximum absolute atomic E-state index is 13.2. The van der Waals surface area contributed by atoms with E-state index in [2.05, 4.69) is 39.4 Å². The summed E-state index contributed by atoms with van der Waals surface area (Å²) in [7, 11) is 2.15. The molecular formula is C25H29ClFN5O. The third-order valence-corrected chi connectivity index (χ3v) is 6.37. The summed E-state index contributed by atoms with van der Waals surface area (Å²) >= 11 is 6.49. The van der Waals surface area contributed by atoms with Crippen LogP contribution in [0.5, 0.6) is 0 Å². The molecule has 4 rings (SSSR count). The maximum atomic E-state index is 13.2. The van der Waals surface area contributed by atoms with Gasteiger partial charge in [0.1, 0.15) is 11.0 Å². The predicted octanol–water partition coefficient (Wildman–Crippen LogP) is 3.71. The molecule has 174 valence electrons. The summed E-state index contributed by atoms with van der Waals surface area (Å²) in [6, 6.07) is 14.5. The molecule has 1 aliphatic rings. The lowest BCUT2D eigenvalue weighted by atomic mass is 10.1. The molecule has 1 saturated heterocycles. The highest BCUT2D eigenvalue weighted by atomic mass is 35.5. The van der Waals surface area contributed by atoms with Gasteiger partial charge in [-0.25, -0.2) is 9.07 Å². The minimum Gasteiger partial charge on any atom is -0.348 e. The van der Waals surface area contributed by atoms with Gasteiger partial charge in [-0.05, 0) is 42.8 Å². The lowest BCUT2D eigenvalue weighted by Crippen LogP contribution is -2.43. The average molecular weight is 470 g/mol. The third-order valence-electron chi connectivity index (χ3n) is 5.98. The monoisotopic (exact) mass is 469 g/mol. The Morgan fingerprint density at radius 1 is 1.03 bits per heavy atom. The van der Waals surface area contributed by atoms with E-state index in [1.807, 2.05) is 12.1 Å². The fourth-order valence-electron chi connectivity index (χ4n) is 4.05. The highest BCUT2D eigenvalue weighted by Gasteiger charge is 2.20. The Morgan fingerprint density at radius 2 is 1.73 bits per heavy atom. The zero-order valence-corrected chi connectivity index (χ0v) is 19.8. The van der Waals surface area contributed by atoms with Gasteiger partial charge in [-0.15, -0.1) is 0 Å². The van der Waals surface area contributed by atoms with Crippen molar-refractivity contribution in [1.29, 1.82) is 0 Å². The number of carbonyl (C=O) groups is 1. The highest BCUT2D eigenvalue weighted by Crippen LogP contribution is 2.21. The molecule has 0 saturated carbocycles. The molecule has 2 aromatic carbocycles. The number of amides is 1. The number of hydrogen-bond donors (Lipinski definition) is 1. The van der Waals surface area contributed by atoms with E-state index in [1.165, 1.54) is 17.7 Å². The topological polar surface area (TPSA) is 53.4 Å². The van der Waals surface area contributed by atoms with Crippen LogP contribution in [0, 0.1) is 12.7 Å². The second kappa shape index (κ2) is 10.5. The van der Waals surface area contributed by atoms with E-state index in [0.29, 0.717) is 24.3 Å². The van der Waals surface area contributed by atoms with Crippen molar-refractivity contribution in [2.45, 2.75) is 26.6 Å². The number of benzene rings is 2. The first kappa shape index (κ1) is 23.4. The lowest BCUT2D eigenvalue weighted by Gasteiger charge is -2.32. The summed E-state index contributed by atoms with van der Waals surface area (Å²) in [5.74, 6) is -0.554. The number of carbonyl (C=O) groups excluding carboxylic acids is 1. The number of nitrogens with one attached hydrogen (secondary N) is 1. The van der Waals surface area contributed by atoms with Gasteiger partial charge < -0.3 is 10.2 Å². The van der Waals surface area contributed by atoms with Gasteiger partial charge >= 0.3 is 0 Å². The molecule has 1 fully saturated rings. The lowest BCUT2D eigenvalue weighted by molar-refractivity contribution is 0.0950. The van der Waals surface area contributed by atoms with Gasteiger partial charge in [0.25, 0.3) is 5.91 Å². The van der Waals surface area contributed by atoms with Crippen molar-refractivity contribution in [1.82, 2.24) is 24.9 Å². The van der Waals surface area contributed by atoms with E-state index in [9.17, 15) is 9.18 Å². The van der Waals surface area contributed by atoms with Crippen LogP contribution in [0.1, 0.15) is 32.7 Å². The van der Waals surface area contributed by atoms with Gasteiger partial charge in [0.2, 0.25) is 0 Å². The smallest absolute Gasteiger partial charge is 0.256 e. The fourth-order valence-corrected chi connectivity index (χ4v) is 4.37. The van der Waals surface area contributed by atoms with E-state index < -0.39 is 0 Å². The second-order valence-electron chi connectivity index (χ2n) is 8.62. The molecule has 1 aromatic heterocycles. The fraction of sp³-hybridized carbons (Fsp3) is 0.360. The van der Waals surface area contributed by atoms with E-state index >= 15 is 0 Å². The van der Waals surface area contributed by atoms with E-state index in [-0.39, 0.29) is 16.9 Å². The van der Waals surface area contributed by atoms with Crippen LogP contribution >= 0.6 is 11.6 Å². The molecule has 2 heterocycles. The Kier molecular flexibility index (Phi) is 7.42.